The van der Waals surface area contributed by atoms with Gasteiger partial charge in [-0.05, 0) is 30.2 Å². The lowest BCUT2D eigenvalue weighted by Crippen LogP contribution is -2.30. The molecule has 0 aliphatic carbocycles. The van der Waals surface area contributed by atoms with Crippen molar-refractivity contribution in [1.82, 2.24) is 10.2 Å². The van der Waals surface area contributed by atoms with Crippen molar-refractivity contribution in [2.45, 2.75) is 13.0 Å². The minimum absolute atomic E-state index is 0.0843. The van der Waals surface area contributed by atoms with Gasteiger partial charge in [0.15, 0.2) is 0 Å². The third kappa shape index (κ3) is 2.17. The number of hydrogen-bond acceptors (Lipinski definition) is 2. The van der Waals surface area contributed by atoms with Crippen molar-refractivity contribution in [2.75, 3.05) is 26.0 Å². The van der Waals surface area contributed by atoms with Crippen LogP contribution in [0.25, 0.3) is 0 Å². The van der Waals surface area contributed by atoms with Gasteiger partial charge in [-0.2, -0.15) is 0 Å². The standard InChI is InChI=1S/C12H17N3O/c1-15(2)12(16)14-11-5-3-4-9-6-7-13-8-10(9)11/h3-5,13H,6-8H2,1-2H3,(H,14,16). The summed E-state index contributed by atoms with van der Waals surface area (Å²) in [5.74, 6) is 0. The van der Waals surface area contributed by atoms with E-state index in [2.05, 4.69) is 16.7 Å². The van der Waals surface area contributed by atoms with E-state index in [1.165, 1.54) is 16.0 Å². The fraction of sp³-hybridized carbons (Fsp3) is 0.417. The van der Waals surface area contributed by atoms with E-state index in [-0.39, 0.29) is 6.03 Å². The Kier molecular flexibility index (Phi) is 3.10. The Morgan fingerprint density at radius 3 is 3.00 bits per heavy atom. The van der Waals surface area contributed by atoms with Gasteiger partial charge in [-0.15, -0.1) is 0 Å². The average molecular weight is 219 g/mol. The second-order valence-electron chi connectivity index (χ2n) is 4.19. The van der Waals surface area contributed by atoms with Crippen LogP contribution in [0.1, 0.15) is 11.1 Å². The van der Waals surface area contributed by atoms with Gasteiger partial charge in [0.1, 0.15) is 0 Å². The van der Waals surface area contributed by atoms with E-state index in [0.717, 1.165) is 25.2 Å². The van der Waals surface area contributed by atoms with Gasteiger partial charge in [-0.3, -0.25) is 0 Å². The monoisotopic (exact) mass is 219 g/mol. The molecule has 1 aliphatic heterocycles. The lowest BCUT2D eigenvalue weighted by Gasteiger charge is -2.21. The van der Waals surface area contributed by atoms with E-state index >= 15 is 0 Å². The molecule has 1 aliphatic rings. The fourth-order valence-electron chi connectivity index (χ4n) is 1.86. The molecule has 2 rings (SSSR count). The molecule has 1 heterocycles. The van der Waals surface area contributed by atoms with Gasteiger partial charge in [0, 0.05) is 26.3 Å². The molecule has 0 atom stereocenters. The normalized spacial score (nSPS) is 14.1. The summed E-state index contributed by atoms with van der Waals surface area (Å²) in [5.41, 5.74) is 3.46. The second-order valence-corrected chi connectivity index (χ2v) is 4.19. The van der Waals surface area contributed by atoms with E-state index in [0.29, 0.717) is 0 Å². The van der Waals surface area contributed by atoms with Crippen LogP contribution in [-0.4, -0.2) is 31.6 Å². The molecule has 1 aromatic rings. The van der Waals surface area contributed by atoms with Crippen molar-refractivity contribution >= 4 is 11.7 Å². The topological polar surface area (TPSA) is 44.4 Å². The van der Waals surface area contributed by atoms with E-state index in [4.69, 9.17) is 0 Å². The van der Waals surface area contributed by atoms with Gasteiger partial charge >= 0.3 is 6.03 Å². The van der Waals surface area contributed by atoms with E-state index < -0.39 is 0 Å². The SMILES string of the molecule is CN(C)C(=O)Nc1cccc2c1CNCC2. The maximum absolute atomic E-state index is 11.6. The van der Waals surface area contributed by atoms with Gasteiger partial charge in [0.05, 0.1) is 0 Å². The molecule has 0 bridgehead atoms. The molecule has 0 unspecified atom stereocenters. The molecule has 1 aromatic carbocycles. The number of rotatable bonds is 1. The summed E-state index contributed by atoms with van der Waals surface area (Å²) in [5, 5.41) is 6.24. The maximum Gasteiger partial charge on any atom is 0.321 e. The highest BCUT2D eigenvalue weighted by Crippen LogP contribution is 2.22. The zero-order chi connectivity index (χ0) is 11.5. The summed E-state index contributed by atoms with van der Waals surface area (Å²) in [7, 11) is 3.48. The molecular weight excluding hydrogens is 202 g/mol. The van der Waals surface area contributed by atoms with Gasteiger partial charge < -0.3 is 15.5 Å². The Bertz CT molecular complexity index is 401. The summed E-state index contributed by atoms with van der Waals surface area (Å²) < 4.78 is 0. The number of nitrogens with zero attached hydrogens (tertiary/aromatic N) is 1. The predicted molar refractivity (Wildman–Crippen MR) is 64.6 cm³/mol. The molecule has 0 saturated carbocycles. The third-order valence-electron chi connectivity index (χ3n) is 2.79. The molecule has 16 heavy (non-hydrogen) atoms. The molecule has 2 amide bonds. The first-order chi connectivity index (χ1) is 7.68. The fourth-order valence-corrected chi connectivity index (χ4v) is 1.86. The molecule has 0 saturated heterocycles. The molecule has 0 spiro atoms. The number of hydrogen-bond donors (Lipinski definition) is 2. The van der Waals surface area contributed by atoms with Crippen LogP contribution < -0.4 is 10.6 Å². The zero-order valence-corrected chi connectivity index (χ0v) is 9.71. The van der Waals surface area contributed by atoms with Gasteiger partial charge in [-0.25, -0.2) is 4.79 Å². The first kappa shape index (κ1) is 11.0. The largest absolute Gasteiger partial charge is 0.331 e. The van der Waals surface area contributed by atoms with Crippen LogP contribution in [0, 0.1) is 0 Å². The second kappa shape index (κ2) is 4.53. The minimum Gasteiger partial charge on any atom is -0.331 e. The van der Waals surface area contributed by atoms with Crippen molar-refractivity contribution in [3.63, 3.8) is 0 Å². The summed E-state index contributed by atoms with van der Waals surface area (Å²) >= 11 is 0. The number of benzene rings is 1. The maximum atomic E-state index is 11.6. The average Bonchev–Trinajstić information content (AvgIpc) is 2.29. The van der Waals surface area contributed by atoms with Crippen LogP contribution in [0.5, 0.6) is 0 Å². The molecular formula is C12H17N3O. The van der Waals surface area contributed by atoms with Crippen LogP contribution in [0.15, 0.2) is 18.2 Å². The Hall–Kier alpha value is -1.55. The predicted octanol–water partition coefficient (Wildman–Crippen LogP) is 1.43. The van der Waals surface area contributed by atoms with Crippen LogP contribution in [0.3, 0.4) is 0 Å². The third-order valence-corrected chi connectivity index (χ3v) is 2.79. The number of nitrogens with one attached hydrogen (secondary N) is 2. The summed E-state index contributed by atoms with van der Waals surface area (Å²) in [6.45, 7) is 1.84. The number of urea groups is 1. The first-order valence-electron chi connectivity index (χ1n) is 5.48. The molecule has 86 valence electrons. The van der Waals surface area contributed by atoms with Gasteiger partial charge in [0.2, 0.25) is 0 Å². The van der Waals surface area contributed by atoms with Crippen molar-refractivity contribution in [2.24, 2.45) is 0 Å². The highest BCUT2D eigenvalue weighted by molar-refractivity contribution is 5.90. The number of anilines is 1. The van der Waals surface area contributed by atoms with Crippen LogP contribution in [0.4, 0.5) is 10.5 Å². The summed E-state index contributed by atoms with van der Waals surface area (Å²) in [6, 6.07) is 5.99. The Labute approximate surface area is 95.6 Å². The van der Waals surface area contributed by atoms with E-state index in [1.807, 2.05) is 12.1 Å². The van der Waals surface area contributed by atoms with Crippen molar-refractivity contribution in [3.05, 3.63) is 29.3 Å². The van der Waals surface area contributed by atoms with Crippen LogP contribution in [-0.2, 0) is 13.0 Å². The molecule has 4 nitrogen and oxygen atoms in total. The van der Waals surface area contributed by atoms with Crippen LogP contribution in [0.2, 0.25) is 0 Å². The molecule has 0 fully saturated rings. The number of carbonyl (C=O) groups excluding carboxylic acids is 1. The Balaban J connectivity index is 2.24. The van der Waals surface area contributed by atoms with Gasteiger partial charge in [-0.1, -0.05) is 12.1 Å². The number of fused-ring (bicyclic) bond motifs is 1. The quantitative estimate of drug-likeness (QED) is 0.750. The van der Waals surface area contributed by atoms with Crippen molar-refractivity contribution in [1.29, 1.82) is 0 Å². The van der Waals surface area contributed by atoms with E-state index in [9.17, 15) is 4.79 Å². The molecule has 0 radical (unpaired) electrons. The number of carbonyl (C=O) groups is 1. The highest BCUT2D eigenvalue weighted by Gasteiger charge is 2.14. The highest BCUT2D eigenvalue weighted by atomic mass is 16.2. The number of amides is 2. The first-order valence-corrected chi connectivity index (χ1v) is 5.48. The van der Waals surface area contributed by atoms with Crippen molar-refractivity contribution < 1.29 is 4.79 Å². The van der Waals surface area contributed by atoms with E-state index in [1.54, 1.807) is 14.1 Å². The molecule has 4 heteroatoms. The zero-order valence-electron chi connectivity index (χ0n) is 9.71. The summed E-state index contributed by atoms with van der Waals surface area (Å²) in [4.78, 5) is 13.1. The van der Waals surface area contributed by atoms with Gasteiger partial charge in [0.25, 0.3) is 0 Å². The van der Waals surface area contributed by atoms with Crippen LogP contribution >= 0.6 is 0 Å². The minimum atomic E-state index is -0.0843. The lowest BCUT2D eigenvalue weighted by atomic mass is 9.99. The smallest absolute Gasteiger partial charge is 0.321 e. The summed E-state index contributed by atoms with van der Waals surface area (Å²) in [6.07, 6.45) is 1.03. The van der Waals surface area contributed by atoms with Crippen molar-refractivity contribution in [3.8, 4) is 0 Å². The lowest BCUT2D eigenvalue weighted by molar-refractivity contribution is 0.230. The molecule has 2 N–H and O–H groups in total. The molecule has 0 aromatic heterocycles. The Morgan fingerprint density at radius 1 is 1.44 bits per heavy atom. The Morgan fingerprint density at radius 2 is 2.25 bits per heavy atom.